The Hall–Kier alpha value is -1.81. The zero-order valence-electron chi connectivity index (χ0n) is 8.55. The second-order valence-electron chi connectivity index (χ2n) is 3.11. The number of esters is 1. The number of nitrogens with zero attached hydrogens (tertiary/aromatic N) is 2. The van der Waals surface area contributed by atoms with Crippen LogP contribution in [-0.4, -0.2) is 22.9 Å². The van der Waals surface area contributed by atoms with Crippen LogP contribution < -0.4 is 0 Å². The van der Waals surface area contributed by atoms with Gasteiger partial charge in [0, 0.05) is 12.4 Å². The summed E-state index contributed by atoms with van der Waals surface area (Å²) in [7, 11) is 1.33. The highest BCUT2D eigenvalue weighted by molar-refractivity contribution is 6.32. The lowest BCUT2D eigenvalue weighted by atomic mass is 10.2. The summed E-state index contributed by atoms with van der Waals surface area (Å²) < 4.78 is 6.23. The zero-order valence-corrected chi connectivity index (χ0v) is 9.31. The molecule has 0 N–H and O–H groups in total. The first-order valence-electron chi connectivity index (χ1n) is 4.60. The summed E-state index contributed by atoms with van der Waals surface area (Å²) in [4.78, 5) is 11.3. The highest BCUT2D eigenvalue weighted by Gasteiger charge is 2.09. The van der Waals surface area contributed by atoms with Gasteiger partial charge in [-0.3, -0.25) is 0 Å². The number of ether oxygens (including phenoxy) is 1. The van der Waals surface area contributed by atoms with Crippen molar-refractivity contribution >= 4 is 17.6 Å². The molecule has 0 aliphatic carbocycles. The minimum absolute atomic E-state index is 0.408. The molecule has 1 heterocycles. The number of carbonyl (C=O) groups is 1. The van der Waals surface area contributed by atoms with Gasteiger partial charge in [-0.15, -0.1) is 0 Å². The molecule has 0 spiro atoms. The van der Waals surface area contributed by atoms with Crippen molar-refractivity contribution in [3.05, 3.63) is 47.2 Å². The van der Waals surface area contributed by atoms with Crippen LogP contribution in [0.5, 0.6) is 0 Å². The van der Waals surface area contributed by atoms with Crippen LogP contribution >= 0.6 is 11.6 Å². The summed E-state index contributed by atoms with van der Waals surface area (Å²) in [5.41, 5.74) is 1.14. The second-order valence-corrected chi connectivity index (χ2v) is 3.52. The van der Waals surface area contributed by atoms with E-state index in [1.54, 1.807) is 41.3 Å². The van der Waals surface area contributed by atoms with Crippen LogP contribution in [0.3, 0.4) is 0 Å². The fourth-order valence-corrected chi connectivity index (χ4v) is 1.62. The second kappa shape index (κ2) is 4.37. The fourth-order valence-electron chi connectivity index (χ4n) is 1.35. The molecule has 1 aromatic heterocycles. The average Bonchev–Trinajstić information content (AvgIpc) is 2.81. The molecule has 1 aromatic carbocycles. The number of halogens is 1. The van der Waals surface area contributed by atoms with Crippen molar-refractivity contribution in [2.24, 2.45) is 0 Å². The third-order valence-electron chi connectivity index (χ3n) is 2.12. The van der Waals surface area contributed by atoms with Crippen molar-refractivity contribution in [1.82, 2.24) is 9.78 Å². The largest absolute Gasteiger partial charge is 0.465 e. The fraction of sp³-hybridized carbons (Fsp3) is 0.0909. The molecular formula is C11H9ClN2O2. The van der Waals surface area contributed by atoms with E-state index in [9.17, 15) is 4.79 Å². The van der Waals surface area contributed by atoms with E-state index in [1.807, 2.05) is 0 Å². The van der Waals surface area contributed by atoms with Crippen molar-refractivity contribution in [3.8, 4) is 5.69 Å². The summed E-state index contributed by atoms with van der Waals surface area (Å²) >= 11 is 6.05. The molecule has 0 saturated carbocycles. The van der Waals surface area contributed by atoms with E-state index in [-0.39, 0.29) is 0 Å². The summed E-state index contributed by atoms with van der Waals surface area (Å²) in [5, 5.41) is 4.51. The third kappa shape index (κ3) is 1.92. The lowest BCUT2D eigenvalue weighted by molar-refractivity contribution is 0.0601. The normalized spacial score (nSPS) is 10.1. The van der Waals surface area contributed by atoms with Crippen molar-refractivity contribution in [1.29, 1.82) is 0 Å². The van der Waals surface area contributed by atoms with Crippen LogP contribution in [-0.2, 0) is 4.74 Å². The maximum Gasteiger partial charge on any atom is 0.337 e. The van der Waals surface area contributed by atoms with Crippen LogP contribution in [0.4, 0.5) is 0 Å². The number of hydrogen-bond donors (Lipinski definition) is 0. The van der Waals surface area contributed by atoms with Crippen LogP contribution in [0, 0.1) is 0 Å². The number of rotatable bonds is 2. The Morgan fingerprint density at radius 2 is 2.31 bits per heavy atom. The summed E-state index contributed by atoms with van der Waals surface area (Å²) in [5.74, 6) is -0.408. The standard InChI is InChI=1S/C11H9ClN2O2/c1-16-11(15)8-3-4-10(9(12)7-8)14-6-2-5-13-14/h2-7H,1H3. The van der Waals surface area contributed by atoms with E-state index in [4.69, 9.17) is 11.6 Å². The van der Waals surface area contributed by atoms with Gasteiger partial charge in [-0.2, -0.15) is 5.10 Å². The Bertz CT molecular complexity index is 509. The van der Waals surface area contributed by atoms with Crippen LogP contribution in [0.25, 0.3) is 5.69 Å². The first-order valence-corrected chi connectivity index (χ1v) is 4.98. The number of hydrogen-bond acceptors (Lipinski definition) is 3. The molecule has 0 amide bonds. The van der Waals surface area contributed by atoms with Gasteiger partial charge < -0.3 is 4.74 Å². The predicted molar refractivity (Wildman–Crippen MR) is 59.9 cm³/mol. The zero-order chi connectivity index (χ0) is 11.5. The number of carbonyl (C=O) groups excluding carboxylic acids is 1. The highest BCUT2D eigenvalue weighted by atomic mass is 35.5. The molecule has 2 aromatic rings. The summed E-state index contributed by atoms with van der Waals surface area (Å²) in [6.07, 6.45) is 3.43. The van der Waals surface area contributed by atoms with Crippen LogP contribution in [0.15, 0.2) is 36.7 Å². The van der Waals surface area contributed by atoms with Gasteiger partial charge in [0.05, 0.1) is 23.4 Å². The van der Waals surface area contributed by atoms with Crippen LogP contribution in [0.1, 0.15) is 10.4 Å². The molecule has 0 atom stereocenters. The Morgan fingerprint density at radius 1 is 1.50 bits per heavy atom. The molecule has 0 aliphatic rings. The van der Waals surface area contributed by atoms with Gasteiger partial charge in [-0.25, -0.2) is 9.48 Å². The predicted octanol–water partition coefficient (Wildman–Crippen LogP) is 2.31. The van der Waals surface area contributed by atoms with Gasteiger partial charge >= 0.3 is 5.97 Å². The minimum Gasteiger partial charge on any atom is -0.465 e. The molecular weight excluding hydrogens is 228 g/mol. The number of benzene rings is 1. The molecule has 4 nitrogen and oxygen atoms in total. The van der Waals surface area contributed by atoms with E-state index in [2.05, 4.69) is 9.84 Å². The average molecular weight is 237 g/mol. The van der Waals surface area contributed by atoms with Crippen molar-refractivity contribution < 1.29 is 9.53 Å². The Labute approximate surface area is 97.4 Å². The Kier molecular flexibility index (Phi) is 2.92. The molecule has 0 saturated heterocycles. The first kappa shape index (κ1) is 10.7. The van der Waals surface area contributed by atoms with Gasteiger partial charge in [-0.05, 0) is 24.3 Å². The van der Waals surface area contributed by atoms with E-state index in [0.29, 0.717) is 10.6 Å². The molecule has 0 bridgehead atoms. The Morgan fingerprint density at radius 3 is 2.88 bits per heavy atom. The maximum absolute atomic E-state index is 11.3. The van der Waals surface area contributed by atoms with Gasteiger partial charge in [0.1, 0.15) is 0 Å². The summed E-state index contributed by atoms with van der Waals surface area (Å²) in [6, 6.07) is 6.73. The molecule has 2 rings (SSSR count). The lowest BCUT2D eigenvalue weighted by Crippen LogP contribution is -2.02. The van der Waals surface area contributed by atoms with Crippen molar-refractivity contribution in [2.75, 3.05) is 7.11 Å². The van der Waals surface area contributed by atoms with E-state index >= 15 is 0 Å². The highest BCUT2D eigenvalue weighted by Crippen LogP contribution is 2.21. The van der Waals surface area contributed by atoms with Gasteiger partial charge in [0.15, 0.2) is 0 Å². The van der Waals surface area contributed by atoms with E-state index in [0.717, 1.165) is 5.69 Å². The minimum atomic E-state index is -0.408. The monoisotopic (exact) mass is 236 g/mol. The molecule has 0 radical (unpaired) electrons. The smallest absolute Gasteiger partial charge is 0.337 e. The third-order valence-corrected chi connectivity index (χ3v) is 2.42. The maximum atomic E-state index is 11.3. The number of methoxy groups -OCH3 is 1. The molecule has 82 valence electrons. The van der Waals surface area contributed by atoms with Crippen molar-refractivity contribution in [3.63, 3.8) is 0 Å². The quantitative estimate of drug-likeness (QED) is 0.752. The SMILES string of the molecule is COC(=O)c1ccc(-n2cccn2)c(Cl)c1. The topological polar surface area (TPSA) is 44.1 Å². The number of aromatic nitrogens is 2. The van der Waals surface area contributed by atoms with Gasteiger partial charge in [0.2, 0.25) is 0 Å². The van der Waals surface area contributed by atoms with E-state index < -0.39 is 5.97 Å². The van der Waals surface area contributed by atoms with Gasteiger partial charge in [-0.1, -0.05) is 11.6 Å². The molecule has 0 fully saturated rings. The Balaban J connectivity index is 2.41. The van der Waals surface area contributed by atoms with Gasteiger partial charge in [0.25, 0.3) is 0 Å². The van der Waals surface area contributed by atoms with Crippen LogP contribution in [0.2, 0.25) is 5.02 Å². The molecule has 5 heteroatoms. The van der Waals surface area contributed by atoms with E-state index in [1.165, 1.54) is 7.11 Å². The molecule has 0 unspecified atom stereocenters. The lowest BCUT2D eigenvalue weighted by Gasteiger charge is -2.05. The molecule has 16 heavy (non-hydrogen) atoms. The first-order chi connectivity index (χ1) is 7.72. The summed E-state index contributed by atoms with van der Waals surface area (Å²) in [6.45, 7) is 0. The van der Waals surface area contributed by atoms with Crippen molar-refractivity contribution in [2.45, 2.75) is 0 Å². The molecule has 0 aliphatic heterocycles.